The van der Waals surface area contributed by atoms with E-state index < -0.39 is 16.1 Å². The third kappa shape index (κ3) is 2.76. The van der Waals surface area contributed by atoms with Gasteiger partial charge < -0.3 is 0 Å². The number of hydrogen-bond donors (Lipinski definition) is 0. The van der Waals surface area contributed by atoms with Gasteiger partial charge in [-0.3, -0.25) is 4.90 Å². The Balaban J connectivity index is 2.16. The standard InChI is InChI=1S/C17H17ClN2O3S/c1-2-3-12-19-15-6-4-5-7-16(15)24(22,23)20(17(19)21)14-10-8-13(18)9-11-14/h4-11H,2-3,12H2,1H3. The zero-order chi connectivity index (χ0) is 17.3. The molecule has 7 heteroatoms. The van der Waals surface area contributed by atoms with Gasteiger partial charge in [0.15, 0.2) is 0 Å². The third-order valence-electron chi connectivity index (χ3n) is 3.88. The van der Waals surface area contributed by atoms with Gasteiger partial charge in [-0.05, 0) is 42.8 Å². The SMILES string of the molecule is CCCCN1C(=O)N(c2ccc(Cl)cc2)S(=O)(=O)c2ccccc21. The monoisotopic (exact) mass is 364 g/mol. The maximum atomic E-state index is 13.0. The zero-order valence-electron chi connectivity index (χ0n) is 13.1. The summed E-state index contributed by atoms with van der Waals surface area (Å²) in [5.41, 5.74) is 0.710. The topological polar surface area (TPSA) is 57.7 Å². The first-order chi connectivity index (χ1) is 11.5. The second-order valence-corrected chi connectivity index (χ2v) is 7.69. The van der Waals surface area contributed by atoms with Crippen molar-refractivity contribution in [2.45, 2.75) is 24.7 Å². The lowest BCUT2D eigenvalue weighted by atomic mass is 10.2. The van der Waals surface area contributed by atoms with E-state index in [2.05, 4.69) is 0 Å². The number of nitrogens with zero attached hydrogens (tertiary/aromatic N) is 2. The van der Waals surface area contributed by atoms with Gasteiger partial charge >= 0.3 is 6.03 Å². The molecule has 0 spiro atoms. The minimum Gasteiger partial charge on any atom is -0.292 e. The molecular formula is C17H17ClN2O3S. The highest BCUT2D eigenvalue weighted by Crippen LogP contribution is 2.37. The summed E-state index contributed by atoms with van der Waals surface area (Å²) in [6, 6.07) is 12.2. The van der Waals surface area contributed by atoms with Crippen LogP contribution in [0.25, 0.3) is 0 Å². The molecule has 1 aliphatic heterocycles. The Morgan fingerprint density at radius 1 is 1.04 bits per heavy atom. The van der Waals surface area contributed by atoms with E-state index in [-0.39, 0.29) is 10.6 Å². The number of halogens is 1. The molecule has 2 aromatic carbocycles. The fraction of sp³-hybridized carbons (Fsp3) is 0.235. The van der Waals surface area contributed by atoms with Crippen LogP contribution in [-0.4, -0.2) is 21.0 Å². The summed E-state index contributed by atoms with van der Waals surface area (Å²) in [6.07, 6.45) is 1.69. The zero-order valence-corrected chi connectivity index (χ0v) is 14.7. The van der Waals surface area contributed by atoms with Crippen molar-refractivity contribution in [1.82, 2.24) is 0 Å². The Morgan fingerprint density at radius 2 is 1.71 bits per heavy atom. The van der Waals surface area contributed by atoms with Crippen molar-refractivity contribution in [3.63, 3.8) is 0 Å². The number of unbranched alkanes of at least 4 members (excludes halogenated alkanes) is 1. The summed E-state index contributed by atoms with van der Waals surface area (Å²) in [5.74, 6) is 0. The van der Waals surface area contributed by atoms with E-state index in [9.17, 15) is 13.2 Å². The van der Waals surface area contributed by atoms with Gasteiger partial charge in [0.2, 0.25) is 0 Å². The molecule has 2 aromatic rings. The average molecular weight is 365 g/mol. The summed E-state index contributed by atoms with van der Waals surface area (Å²) in [4.78, 5) is 14.6. The number of hydrogen-bond acceptors (Lipinski definition) is 3. The van der Waals surface area contributed by atoms with Crippen molar-refractivity contribution in [3.05, 3.63) is 53.6 Å². The van der Waals surface area contributed by atoms with Crippen LogP contribution >= 0.6 is 11.6 Å². The number of fused-ring (bicyclic) bond motifs is 1. The summed E-state index contributed by atoms with van der Waals surface area (Å²) >= 11 is 5.87. The van der Waals surface area contributed by atoms with Gasteiger partial charge in [-0.1, -0.05) is 37.1 Å². The fourth-order valence-corrected chi connectivity index (χ4v) is 4.39. The Kier molecular flexibility index (Phi) is 4.51. The summed E-state index contributed by atoms with van der Waals surface area (Å²) in [6.45, 7) is 2.49. The van der Waals surface area contributed by atoms with E-state index in [0.717, 1.165) is 17.1 Å². The highest BCUT2D eigenvalue weighted by atomic mass is 35.5. The van der Waals surface area contributed by atoms with Crippen LogP contribution in [0.15, 0.2) is 53.4 Å². The van der Waals surface area contributed by atoms with Crippen molar-refractivity contribution in [2.24, 2.45) is 0 Å². The molecule has 0 atom stereocenters. The number of amides is 2. The molecule has 1 heterocycles. The predicted molar refractivity (Wildman–Crippen MR) is 95.2 cm³/mol. The molecule has 24 heavy (non-hydrogen) atoms. The van der Waals surface area contributed by atoms with Crippen LogP contribution in [0.2, 0.25) is 5.02 Å². The van der Waals surface area contributed by atoms with Crippen LogP contribution in [0, 0.1) is 0 Å². The molecule has 2 amide bonds. The van der Waals surface area contributed by atoms with E-state index >= 15 is 0 Å². The number of para-hydroxylation sites is 1. The van der Waals surface area contributed by atoms with E-state index in [1.807, 2.05) is 6.92 Å². The largest absolute Gasteiger partial charge is 0.343 e. The fourth-order valence-electron chi connectivity index (χ4n) is 2.67. The molecule has 0 bridgehead atoms. The first kappa shape index (κ1) is 16.8. The second-order valence-electron chi connectivity index (χ2n) is 5.50. The highest BCUT2D eigenvalue weighted by Gasteiger charge is 2.42. The highest BCUT2D eigenvalue weighted by molar-refractivity contribution is 7.94. The molecule has 0 aromatic heterocycles. The lowest BCUT2D eigenvalue weighted by molar-refractivity contribution is 0.253. The van der Waals surface area contributed by atoms with Gasteiger partial charge in [-0.15, -0.1) is 0 Å². The Bertz CT molecular complexity index is 866. The number of anilines is 2. The number of rotatable bonds is 4. The van der Waals surface area contributed by atoms with Crippen molar-refractivity contribution in [1.29, 1.82) is 0 Å². The lowest BCUT2D eigenvalue weighted by Crippen LogP contribution is -2.51. The molecular weight excluding hydrogens is 348 g/mol. The van der Waals surface area contributed by atoms with Crippen molar-refractivity contribution in [3.8, 4) is 0 Å². The smallest absolute Gasteiger partial charge is 0.292 e. The van der Waals surface area contributed by atoms with Crippen LogP contribution in [0.4, 0.5) is 16.2 Å². The molecule has 0 radical (unpaired) electrons. The van der Waals surface area contributed by atoms with E-state index in [1.165, 1.54) is 23.1 Å². The second kappa shape index (κ2) is 6.45. The number of sulfonamides is 1. The normalized spacial score (nSPS) is 16.2. The molecule has 0 unspecified atom stereocenters. The lowest BCUT2D eigenvalue weighted by Gasteiger charge is -2.36. The predicted octanol–water partition coefficient (Wildman–Crippen LogP) is 4.28. The van der Waals surface area contributed by atoms with Crippen LogP contribution in [-0.2, 0) is 10.0 Å². The Labute approximate surface area is 146 Å². The molecule has 1 aliphatic rings. The summed E-state index contributed by atoms with van der Waals surface area (Å²) in [5, 5.41) is 0.476. The van der Waals surface area contributed by atoms with Crippen LogP contribution in [0.3, 0.4) is 0 Å². The van der Waals surface area contributed by atoms with Gasteiger partial charge in [0.25, 0.3) is 10.0 Å². The minimum absolute atomic E-state index is 0.135. The molecule has 3 rings (SSSR count). The van der Waals surface area contributed by atoms with Crippen LogP contribution in [0.1, 0.15) is 19.8 Å². The quantitative estimate of drug-likeness (QED) is 0.813. The molecule has 5 nitrogen and oxygen atoms in total. The summed E-state index contributed by atoms with van der Waals surface area (Å²) in [7, 11) is -3.96. The Hall–Kier alpha value is -2.05. The number of carbonyl (C=O) groups excluding carboxylic acids is 1. The van der Waals surface area contributed by atoms with E-state index in [4.69, 9.17) is 11.6 Å². The number of carbonyl (C=O) groups is 1. The summed E-state index contributed by atoms with van der Waals surface area (Å²) < 4.78 is 26.8. The minimum atomic E-state index is -3.96. The van der Waals surface area contributed by atoms with Crippen LogP contribution in [0.5, 0.6) is 0 Å². The molecule has 126 valence electrons. The molecule has 0 aliphatic carbocycles. The van der Waals surface area contributed by atoms with Crippen molar-refractivity contribution in [2.75, 3.05) is 15.7 Å². The van der Waals surface area contributed by atoms with Gasteiger partial charge in [0.05, 0.1) is 11.4 Å². The first-order valence-electron chi connectivity index (χ1n) is 7.68. The molecule has 0 saturated heterocycles. The van der Waals surface area contributed by atoms with Crippen molar-refractivity contribution < 1.29 is 13.2 Å². The van der Waals surface area contributed by atoms with Gasteiger partial charge in [0, 0.05) is 11.6 Å². The van der Waals surface area contributed by atoms with Crippen molar-refractivity contribution >= 4 is 39.0 Å². The van der Waals surface area contributed by atoms with E-state index in [0.29, 0.717) is 17.3 Å². The van der Waals surface area contributed by atoms with Gasteiger partial charge in [-0.2, -0.15) is 4.31 Å². The molecule has 0 saturated carbocycles. The average Bonchev–Trinajstić information content (AvgIpc) is 2.56. The van der Waals surface area contributed by atoms with E-state index in [1.54, 1.807) is 30.3 Å². The van der Waals surface area contributed by atoms with Crippen LogP contribution < -0.4 is 9.21 Å². The van der Waals surface area contributed by atoms with Gasteiger partial charge in [0.1, 0.15) is 4.90 Å². The maximum absolute atomic E-state index is 13.0. The molecule has 0 N–H and O–H groups in total. The Morgan fingerprint density at radius 3 is 2.38 bits per heavy atom. The maximum Gasteiger partial charge on any atom is 0.343 e. The first-order valence-corrected chi connectivity index (χ1v) is 9.50. The number of benzene rings is 2. The number of urea groups is 1. The third-order valence-corrected chi connectivity index (χ3v) is 5.88. The molecule has 0 fully saturated rings. The van der Waals surface area contributed by atoms with Gasteiger partial charge in [-0.25, -0.2) is 13.2 Å².